The Morgan fingerprint density at radius 2 is 1.60 bits per heavy atom. The number of hydrogen-bond acceptors (Lipinski definition) is 4. The molecule has 1 aliphatic rings. The third-order valence-corrected chi connectivity index (χ3v) is 7.87. The zero-order chi connectivity index (χ0) is 27.8. The summed E-state index contributed by atoms with van der Waals surface area (Å²) >= 11 is 0. The molecule has 0 unspecified atom stereocenters. The molecular formula is C33H32FN5O. The van der Waals surface area contributed by atoms with Gasteiger partial charge in [0.25, 0.3) is 5.91 Å². The van der Waals surface area contributed by atoms with Crippen LogP contribution in [0.2, 0.25) is 0 Å². The summed E-state index contributed by atoms with van der Waals surface area (Å²) < 4.78 is 13.3. The molecule has 1 N–H and O–H groups in total. The molecule has 6 nitrogen and oxygen atoms in total. The highest BCUT2D eigenvalue weighted by Gasteiger charge is 2.17. The predicted molar refractivity (Wildman–Crippen MR) is 161 cm³/mol. The van der Waals surface area contributed by atoms with Crippen LogP contribution >= 0.6 is 0 Å². The van der Waals surface area contributed by atoms with Gasteiger partial charge in [-0.15, -0.1) is 0 Å². The van der Waals surface area contributed by atoms with Gasteiger partial charge in [-0.3, -0.25) is 4.79 Å². The molecule has 1 fully saturated rings. The number of hydrogen-bond donors (Lipinski definition) is 1. The van der Waals surface area contributed by atoms with Crippen LogP contribution in [-0.2, 0) is 0 Å². The highest BCUT2D eigenvalue weighted by atomic mass is 19.1. The third kappa shape index (κ3) is 4.96. The number of anilines is 2. The first-order valence-corrected chi connectivity index (χ1v) is 13.5. The quantitative estimate of drug-likeness (QED) is 0.285. The van der Waals surface area contributed by atoms with Crippen molar-refractivity contribution in [1.82, 2.24) is 14.9 Å². The zero-order valence-corrected chi connectivity index (χ0v) is 23.0. The van der Waals surface area contributed by atoms with Crippen LogP contribution in [0, 0.1) is 12.7 Å². The monoisotopic (exact) mass is 533 g/mol. The third-order valence-electron chi connectivity index (χ3n) is 7.87. The number of amides is 1. The van der Waals surface area contributed by atoms with E-state index >= 15 is 0 Å². The standard InChI is InChI=1S/C33H32FN5O/c1-22-18-25(8-13-31(22)39-16-14-37(2)15-17-39)26-19-29-30(21-36-32(29)35-20-26)23-4-6-24(7-5-23)33(40)38(3)28-11-9-27(34)10-12-28/h4-13,18-21H,14-17H2,1-3H3,(H,35,36). The van der Waals surface area contributed by atoms with E-state index in [1.54, 1.807) is 19.2 Å². The van der Waals surface area contributed by atoms with Crippen LogP contribution in [0.15, 0.2) is 85.2 Å². The minimum atomic E-state index is -0.330. The normalized spacial score (nSPS) is 14.1. The maximum Gasteiger partial charge on any atom is 0.258 e. The van der Waals surface area contributed by atoms with E-state index in [1.165, 1.54) is 28.3 Å². The van der Waals surface area contributed by atoms with Crippen molar-refractivity contribution in [2.75, 3.05) is 50.1 Å². The Hall–Kier alpha value is -4.49. The Morgan fingerprint density at radius 1 is 0.900 bits per heavy atom. The summed E-state index contributed by atoms with van der Waals surface area (Å²) in [7, 11) is 3.87. The first kappa shape index (κ1) is 25.8. The number of carbonyl (C=O) groups is 1. The zero-order valence-electron chi connectivity index (χ0n) is 23.0. The number of pyridine rings is 1. The van der Waals surface area contributed by atoms with Crippen LogP contribution in [0.5, 0.6) is 0 Å². The van der Waals surface area contributed by atoms with E-state index in [0.29, 0.717) is 11.3 Å². The van der Waals surface area contributed by atoms with E-state index in [2.05, 4.69) is 53.0 Å². The first-order valence-electron chi connectivity index (χ1n) is 13.5. The van der Waals surface area contributed by atoms with Crippen molar-refractivity contribution >= 4 is 28.3 Å². The van der Waals surface area contributed by atoms with Gasteiger partial charge in [0.05, 0.1) is 0 Å². The molecule has 0 aliphatic carbocycles. The summed E-state index contributed by atoms with van der Waals surface area (Å²) in [6.45, 7) is 6.44. The Labute approximate surface area is 233 Å². The lowest BCUT2D eigenvalue weighted by atomic mass is 9.99. The molecule has 5 aromatic rings. The van der Waals surface area contributed by atoms with E-state index in [1.807, 2.05) is 36.7 Å². The number of likely N-dealkylation sites (N-methyl/N-ethyl adjacent to an activating group) is 1. The Bertz CT molecular complexity index is 1670. The van der Waals surface area contributed by atoms with Gasteiger partial charge in [0.1, 0.15) is 11.5 Å². The molecule has 0 saturated carbocycles. The van der Waals surface area contributed by atoms with E-state index in [-0.39, 0.29) is 11.7 Å². The molecular weight excluding hydrogens is 501 g/mol. The number of piperazine rings is 1. The lowest BCUT2D eigenvalue weighted by molar-refractivity contribution is 0.0993. The molecule has 40 heavy (non-hydrogen) atoms. The van der Waals surface area contributed by atoms with Crippen LogP contribution < -0.4 is 9.80 Å². The summed E-state index contributed by atoms with van der Waals surface area (Å²) in [5.41, 5.74) is 8.81. The SMILES string of the molecule is Cc1cc(-c2cnc3[nH]cc(-c4ccc(C(=O)N(C)c5ccc(F)cc5)cc4)c3c2)ccc1N1CCN(C)CC1. The number of aromatic amines is 1. The molecule has 1 amide bonds. The minimum absolute atomic E-state index is 0.156. The molecule has 1 saturated heterocycles. The molecule has 0 bridgehead atoms. The summed E-state index contributed by atoms with van der Waals surface area (Å²) in [5.74, 6) is -0.487. The molecule has 3 heterocycles. The van der Waals surface area contributed by atoms with Crippen LogP contribution in [0.4, 0.5) is 15.8 Å². The van der Waals surface area contributed by atoms with Crippen molar-refractivity contribution in [3.63, 3.8) is 0 Å². The summed E-state index contributed by atoms with van der Waals surface area (Å²) in [4.78, 5) is 27.4. The van der Waals surface area contributed by atoms with Gasteiger partial charge >= 0.3 is 0 Å². The molecule has 0 spiro atoms. The second-order valence-electron chi connectivity index (χ2n) is 10.5. The van der Waals surface area contributed by atoms with Crippen LogP contribution in [0.1, 0.15) is 15.9 Å². The molecule has 202 valence electrons. The molecule has 1 aliphatic heterocycles. The van der Waals surface area contributed by atoms with Gasteiger partial charge in [-0.2, -0.15) is 0 Å². The number of aromatic nitrogens is 2. The van der Waals surface area contributed by atoms with Crippen molar-refractivity contribution in [1.29, 1.82) is 0 Å². The fourth-order valence-electron chi connectivity index (χ4n) is 5.41. The summed E-state index contributed by atoms with van der Waals surface area (Å²) in [5, 5.41) is 1.03. The molecule has 6 rings (SSSR count). The fourth-order valence-corrected chi connectivity index (χ4v) is 5.41. The second-order valence-corrected chi connectivity index (χ2v) is 10.5. The van der Waals surface area contributed by atoms with E-state index in [4.69, 9.17) is 4.98 Å². The lowest BCUT2D eigenvalue weighted by Crippen LogP contribution is -2.44. The van der Waals surface area contributed by atoms with Gasteiger partial charge in [0, 0.05) is 79.1 Å². The van der Waals surface area contributed by atoms with Gasteiger partial charge in [-0.05, 0) is 85.3 Å². The van der Waals surface area contributed by atoms with Crippen LogP contribution in [-0.4, -0.2) is 61.0 Å². The Kier molecular flexibility index (Phi) is 6.82. The van der Waals surface area contributed by atoms with Gasteiger partial charge in [-0.1, -0.05) is 18.2 Å². The van der Waals surface area contributed by atoms with E-state index < -0.39 is 0 Å². The number of H-pyrrole nitrogens is 1. The van der Waals surface area contributed by atoms with Crippen molar-refractivity contribution in [2.45, 2.75) is 6.92 Å². The van der Waals surface area contributed by atoms with Crippen molar-refractivity contribution < 1.29 is 9.18 Å². The highest BCUT2D eigenvalue weighted by Crippen LogP contribution is 2.33. The summed E-state index contributed by atoms with van der Waals surface area (Å²) in [6, 6.07) is 22.3. The Morgan fingerprint density at radius 3 is 2.30 bits per heavy atom. The van der Waals surface area contributed by atoms with Crippen LogP contribution in [0.25, 0.3) is 33.3 Å². The van der Waals surface area contributed by atoms with Gasteiger partial charge in [0.15, 0.2) is 0 Å². The average Bonchev–Trinajstić information content (AvgIpc) is 3.41. The van der Waals surface area contributed by atoms with Crippen molar-refractivity contribution in [3.8, 4) is 22.3 Å². The molecule has 7 heteroatoms. The average molecular weight is 534 g/mol. The number of carbonyl (C=O) groups excluding carboxylic acids is 1. The maximum absolute atomic E-state index is 13.3. The fraction of sp³-hybridized carbons (Fsp3) is 0.212. The number of rotatable bonds is 5. The van der Waals surface area contributed by atoms with E-state index in [0.717, 1.165) is 59.5 Å². The molecule has 3 aromatic carbocycles. The minimum Gasteiger partial charge on any atom is -0.369 e. The van der Waals surface area contributed by atoms with Gasteiger partial charge in [0.2, 0.25) is 0 Å². The number of aryl methyl sites for hydroxylation is 1. The summed E-state index contributed by atoms with van der Waals surface area (Å²) in [6.07, 6.45) is 3.88. The van der Waals surface area contributed by atoms with Crippen LogP contribution in [0.3, 0.4) is 0 Å². The predicted octanol–water partition coefficient (Wildman–Crippen LogP) is 6.37. The number of halogens is 1. The van der Waals surface area contributed by atoms with Gasteiger partial charge in [-0.25, -0.2) is 9.37 Å². The molecule has 0 atom stereocenters. The number of fused-ring (bicyclic) bond motifs is 1. The molecule has 2 aromatic heterocycles. The largest absolute Gasteiger partial charge is 0.369 e. The van der Waals surface area contributed by atoms with Gasteiger partial charge < -0.3 is 19.7 Å². The molecule has 0 radical (unpaired) electrons. The van der Waals surface area contributed by atoms with Crippen molar-refractivity contribution in [3.05, 3.63) is 102 Å². The number of nitrogens with zero attached hydrogens (tertiary/aromatic N) is 4. The number of benzene rings is 3. The van der Waals surface area contributed by atoms with Crippen molar-refractivity contribution in [2.24, 2.45) is 0 Å². The maximum atomic E-state index is 13.3. The first-order chi connectivity index (χ1) is 19.4. The van der Waals surface area contributed by atoms with E-state index in [9.17, 15) is 9.18 Å². The smallest absolute Gasteiger partial charge is 0.258 e. The highest BCUT2D eigenvalue weighted by molar-refractivity contribution is 6.06. The topological polar surface area (TPSA) is 55.5 Å². The Balaban J connectivity index is 1.25. The second kappa shape index (κ2) is 10.6. The number of nitrogens with one attached hydrogen (secondary N) is 1. The lowest BCUT2D eigenvalue weighted by Gasteiger charge is -2.35.